The molecule has 1 aromatic rings. The molecule has 0 spiro atoms. The zero-order valence-corrected chi connectivity index (χ0v) is 12.7. The molecule has 23 heavy (non-hydrogen) atoms. The highest BCUT2D eigenvalue weighted by Gasteiger charge is 2.51. The van der Waals surface area contributed by atoms with E-state index in [4.69, 9.17) is 21.4 Å². The van der Waals surface area contributed by atoms with Crippen LogP contribution in [0.1, 0.15) is 13.3 Å². The van der Waals surface area contributed by atoms with Gasteiger partial charge in [-0.25, -0.2) is 0 Å². The lowest BCUT2D eigenvalue weighted by molar-refractivity contribution is -0.253. The highest BCUT2D eigenvalue weighted by Crippen LogP contribution is 2.32. The summed E-state index contributed by atoms with van der Waals surface area (Å²) in [6.07, 6.45) is -6.23. The smallest absolute Gasteiger partial charge is 0.417 e. The minimum atomic E-state index is -4.97. The van der Waals surface area contributed by atoms with Gasteiger partial charge in [-0.15, -0.1) is 0 Å². The van der Waals surface area contributed by atoms with Crippen LogP contribution in [-0.4, -0.2) is 35.3 Å². The van der Waals surface area contributed by atoms with Crippen LogP contribution in [0.15, 0.2) is 24.3 Å². The molecule has 0 saturated heterocycles. The Balaban J connectivity index is 2.39. The van der Waals surface area contributed by atoms with Gasteiger partial charge in [-0.3, -0.25) is 20.4 Å². The average Bonchev–Trinajstić information content (AvgIpc) is 2.42. The molecule has 0 saturated carbocycles. The van der Waals surface area contributed by atoms with Crippen molar-refractivity contribution in [2.45, 2.75) is 25.1 Å². The van der Waals surface area contributed by atoms with Gasteiger partial charge in [0.2, 0.25) is 5.91 Å². The highest BCUT2D eigenvalue weighted by atomic mass is 35.5. The molecular formula is C13H14ClF3N2O4. The third kappa shape index (κ3) is 5.95. The van der Waals surface area contributed by atoms with Crippen LogP contribution in [0, 0.1) is 0 Å². The van der Waals surface area contributed by atoms with Crippen LogP contribution in [-0.2, 0) is 9.59 Å². The van der Waals surface area contributed by atoms with Gasteiger partial charge in [0.25, 0.3) is 5.91 Å². The minimum absolute atomic E-state index is 0.232. The van der Waals surface area contributed by atoms with Crippen LogP contribution in [0.25, 0.3) is 0 Å². The van der Waals surface area contributed by atoms with Crippen molar-refractivity contribution in [3.63, 3.8) is 0 Å². The quantitative estimate of drug-likeness (QED) is 0.700. The maximum Gasteiger partial charge on any atom is 0.417 e. The van der Waals surface area contributed by atoms with Crippen molar-refractivity contribution in [3.8, 4) is 5.75 Å². The number of benzene rings is 1. The lowest BCUT2D eigenvalue weighted by Gasteiger charge is -2.25. The van der Waals surface area contributed by atoms with Gasteiger partial charge in [0.05, 0.1) is 11.4 Å². The number of halogens is 4. The van der Waals surface area contributed by atoms with Gasteiger partial charge in [0.1, 0.15) is 5.75 Å². The van der Waals surface area contributed by atoms with Gasteiger partial charge in [0, 0.05) is 0 Å². The first-order chi connectivity index (χ1) is 10.5. The van der Waals surface area contributed by atoms with E-state index in [-0.39, 0.29) is 10.8 Å². The Morgan fingerprint density at radius 3 is 2.35 bits per heavy atom. The lowest BCUT2D eigenvalue weighted by atomic mass is 10.0. The summed E-state index contributed by atoms with van der Waals surface area (Å²) in [6, 6.07) is 6.33. The van der Waals surface area contributed by atoms with E-state index in [0.29, 0.717) is 6.92 Å². The largest absolute Gasteiger partial charge is 0.482 e. The minimum Gasteiger partial charge on any atom is -0.482 e. The standard InChI is InChI=1S/C13H14ClF3N2O4/c1-12(22,13(15,16)17)6-10(20)18-19-11(21)7-23-9-5-3-2-4-8(9)14/h2-5,22H,6-7H2,1H3,(H,18,20)(H,19,21)/t12-/m0/s1. The van der Waals surface area contributed by atoms with E-state index in [9.17, 15) is 22.8 Å². The van der Waals surface area contributed by atoms with Crippen molar-refractivity contribution in [3.05, 3.63) is 29.3 Å². The van der Waals surface area contributed by atoms with Crippen LogP contribution in [0.3, 0.4) is 0 Å². The third-order valence-corrected chi connectivity index (χ3v) is 2.96. The van der Waals surface area contributed by atoms with E-state index in [2.05, 4.69) is 0 Å². The highest BCUT2D eigenvalue weighted by molar-refractivity contribution is 6.32. The number of carbonyl (C=O) groups excluding carboxylic acids is 2. The van der Waals surface area contributed by atoms with E-state index < -0.39 is 36.6 Å². The van der Waals surface area contributed by atoms with Crippen molar-refractivity contribution in [2.75, 3.05) is 6.61 Å². The lowest BCUT2D eigenvalue weighted by Crippen LogP contribution is -2.50. The number of hydrogen-bond donors (Lipinski definition) is 3. The number of alkyl halides is 3. The maximum atomic E-state index is 12.4. The van der Waals surface area contributed by atoms with Crippen LogP contribution >= 0.6 is 11.6 Å². The number of aliphatic hydroxyl groups is 1. The summed E-state index contributed by atoms with van der Waals surface area (Å²) in [6.45, 7) is -0.0609. The van der Waals surface area contributed by atoms with Gasteiger partial charge in [-0.1, -0.05) is 23.7 Å². The average molecular weight is 355 g/mol. The van der Waals surface area contributed by atoms with Gasteiger partial charge in [-0.2, -0.15) is 13.2 Å². The second-order valence-corrected chi connectivity index (χ2v) is 5.17. The first-order valence-electron chi connectivity index (χ1n) is 6.27. The van der Waals surface area contributed by atoms with E-state index in [1.165, 1.54) is 12.1 Å². The molecule has 0 heterocycles. The molecule has 6 nitrogen and oxygen atoms in total. The SMILES string of the molecule is C[C@](O)(CC(=O)NNC(=O)COc1ccccc1Cl)C(F)(F)F. The van der Waals surface area contributed by atoms with Crippen LogP contribution in [0.5, 0.6) is 5.75 Å². The van der Waals surface area contributed by atoms with E-state index in [1.54, 1.807) is 17.6 Å². The summed E-state index contributed by atoms with van der Waals surface area (Å²) in [7, 11) is 0. The summed E-state index contributed by atoms with van der Waals surface area (Å²) < 4.78 is 42.2. The first kappa shape index (κ1) is 19.0. The molecule has 128 valence electrons. The monoisotopic (exact) mass is 354 g/mol. The normalized spacial score (nSPS) is 13.8. The number of amides is 2. The predicted molar refractivity (Wildman–Crippen MR) is 74.5 cm³/mol. The molecule has 1 atom stereocenters. The number of carbonyl (C=O) groups is 2. The third-order valence-electron chi connectivity index (χ3n) is 2.65. The van der Waals surface area contributed by atoms with Crippen molar-refractivity contribution < 1.29 is 32.6 Å². The molecule has 0 aliphatic carbocycles. The molecule has 0 fully saturated rings. The van der Waals surface area contributed by atoms with E-state index in [0.717, 1.165) is 0 Å². The fourth-order valence-corrected chi connectivity index (χ4v) is 1.53. The Morgan fingerprint density at radius 1 is 1.22 bits per heavy atom. The van der Waals surface area contributed by atoms with Gasteiger partial charge in [-0.05, 0) is 19.1 Å². The Morgan fingerprint density at radius 2 is 1.78 bits per heavy atom. The Kier molecular flexibility index (Phi) is 6.22. The van der Waals surface area contributed by atoms with Crippen molar-refractivity contribution in [2.24, 2.45) is 0 Å². The fourth-order valence-electron chi connectivity index (χ4n) is 1.34. The zero-order chi connectivity index (χ0) is 17.7. The molecule has 1 aromatic carbocycles. The summed E-state index contributed by atoms with van der Waals surface area (Å²) >= 11 is 5.79. The summed E-state index contributed by atoms with van der Waals surface area (Å²) in [4.78, 5) is 22.7. The second-order valence-electron chi connectivity index (χ2n) is 4.76. The molecule has 10 heteroatoms. The van der Waals surface area contributed by atoms with Crippen molar-refractivity contribution in [1.29, 1.82) is 0 Å². The number of nitrogens with one attached hydrogen (secondary N) is 2. The number of hydrazine groups is 1. The number of rotatable bonds is 5. The number of hydrogen-bond acceptors (Lipinski definition) is 4. The topological polar surface area (TPSA) is 87.7 Å². The molecule has 0 unspecified atom stereocenters. The number of para-hydroxylation sites is 1. The predicted octanol–water partition coefficient (Wildman–Crippen LogP) is 1.57. The summed E-state index contributed by atoms with van der Waals surface area (Å²) in [5, 5.41) is 9.40. The van der Waals surface area contributed by atoms with Crippen LogP contribution in [0.4, 0.5) is 13.2 Å². The summed E-state index contributed by atoms with van der Waals surface area (Å²) in [5.41, 5.74) is 0.413. The van der Waals surface area contributed by atoms with Crippen molar-refractivity contribution >= 4 is 23.4 Å². The number of ether oxygens (including phenoxy) is 1. The Hall–Kier alpha value is -2.00. The molecular weight excluding hydrogens is 341 g/mol. The molecule has 0 aromatic heterocycles. The van der Waals surface area contributed by atoms with Gasteiger partial charge < -0.3 is 9.84 Å². The molecule has 0 bridgehead atoms. The van der Waals surface area contributed by atoms with Crippen LogP contribution < -0.4 is 15.6 Å². The van der Waals surface area contributed by atoms with Gasteiger partial charge >= 0.3 is 6.18 Å². The molecule has 0 aliphatic rings. The fraction of sp³-hybridized carbons (Fsp3) is 0.385. The molecule has 2 amide bonds. The Labute approximate surface area is 134 Å². The van der Waals surface area contributed by atoms with Crippen molar-refractivity contribution in [1.82, 2.24) is 10.9 Å². The second kappa shape index (κ2) is 7.51. The molecule has 1 rings (SSSR count). The van der Waals surface area contributed by atoms with Gasteiger partial charge in [0.15, 0.2) is 12.2 Å². The maximum absolute atomic E-state index is 12.4. The molecule has 0 radical (unpaired) electrons. The van der Waals surface area contributed by atoms with E-state index in [1.807, 2.05) is 5.43 Å². The zero-order valence-electron chi connectivity index (χ0n) is 11.9. The van der Waals surface area contributed by atoms with E-state index >= 15 is 0 Å². The molecule has 3 N–H and O–H groups in total. The first-order valence-corrected chi connectivity index (χ1v) is 6.65. The molecule has 0 aliphatic heterocycles. The van der Waals surface area contributed by atoms with Crippen LogP contribution in [0.2, 0.25) is 5.02 Å². The Bertz CT molecular complexity index is 579. The summed E-state index contributed by atoms with van der Waals surface area (Å²) in [5.74, 6) is -1.79.